The van der Waals surface area contributed by atoms with E-state index in [1.165, 1.54) is 13.0 Å². The molecule has 1 aromatic carbocycles. The van der Waals surface area contributed by atoms with E-state index in [2.05, 4.69) is 0 Å². The molecule has 1 aliphatic rings. The molecule has 1 amide bonds. The summed E-state index contributed by atoms with van der Waals surface area (Å²) in [5.41, 5.74) is 0.227. The van der Waals surface area contributed by atoms with Gasteiger partial charge in [0.05, 0.1) is 4.92 Å². The first-order valence-electron chi connectivity index (χ1n) is 9.46. The third-order valence-electron chi connectivity index (χ3n) is 4.68. The van der Waals surface area contributed by atoms with Gasteiger partial charge in [-0.3, -0.25) is 14.9 Å². The Hall–Kier alpha value is -2.64. The van der Waals surface area contributed by atoms with Crippen LogP contribution >= 0.6 is 0 Å². The van der Waals surface area contributed by atoms with E-state index in [4.69, 9.17) is 4.74 Å². The Balaban J connectivity index is 2.12. The van der Waals surface area contributed by atoms with Crippen molar-refractivity contribution < 1.29 is 19.2 Å². The van der Waals surface area contributed by atoms with Crippen LogP contribution in [0.25, 0.3) is 0 Å². The highest BCUT2D eigenvalue weighted by atomic mass is 16.6. The molecule has 2 rings (SSSR count). The van der Waals surface area contributed by atoms with Gasteiger partial charge in [0.15, 0.2) is 5.78 Å². The maximum absolute atomic E-state index is 12.2. The van der Waals surface area contributed by atoms with Gasteiger partial charge in [0.1, 0.15) is 11.3 Å². The molecule has 0 bridgehead atoms. The maximum atomic E-state index is 12.2. The predicted molar refractivity (Wildman–Crippen MR) is 107 cm³/mol. The Morgan fingerprint density at radius 2 is 2.04 bits per heavy atom. The number of nitro benzene ring substituents is 1. The van der Waals surface area contributed by atoms with Crippen LogP contribution in [0.3, 0.4) is 0 Å². The van der Waals surface area contributed by atoms with Crippen LogP contribution in [0.5, 0.6) is 0 Å². The van der Waals surface area contributed by atoms with E-state index >= 15 is 0 Å². The zero-order chi connectivity index (χ0) is 21.1. The van der Waals surface area contributed by atoms with Gasteiger partial charge in [-0.1, -0.05) is 0 Å². The molecule has 8 nitrogen and oxygen atoms in total. The molecule has 0 N–H and O–H groups in total. The van der Waals surface area contributed by atoms with Crippen LogP contribution < -0.4 is 4.90 Å². The number of carbonyl (C=O) groups excluding carboxylic acids is 2. The number of ketones is 1. The number of carbonyl (C=O) groups is 2. The molecule has 1 saturated heterocycles. The molecule has 0 radical (unpaired) electrons. The lowest BCUT2D eigenvalue weighted by atomic mass is 9.96. The molecular formula is C20H29N3O5. The lowest BCUT2D eigenvalue weighted by Gasteiger charge is -2.36. The molecule has 1 unspecified atom stereocenters. The second-order valence-corrected chi connectivity index (χ2v) is 8.33. The Bertz CT molecular complexity index is 757. The Morgan fingerprint density at radius 3 is 2.61 bits per heavy atom. The molecule has 0 aliphatic carbocycles. The number of nitrogens with zero attached hydrogens (tertiary/aromatic N) is 3. The van der Waals surface area contributed by atoms with Crippen LogP contribution in [0.4, 0.5) is 16.2 Å². The van der Waals surface area contributed by atoms with Crippen LogP contribution in [-0.4, -0.2) is 54.0 Å². The average molecular weight is 391 g/mol. The number of benzene rings is 1. The van der Waals surface area contributed by atoms with Crippen LogP contribution in [0.1, 0.15) is 50.9 Å². The number of amides is 1. The first kappa shape index (κ1) is 21.7. The van der Waals surface area contributed by atoms with Gasteiger partial charge < -0.3 is 14.5 Å². The number of rotatable bonds is 5. The molecule has 28 heavy (non-hydrogen) atoms. The predicted octanol–water partition coefficient (Wildman–Crippen LogP) is 3.88. The standard InChI is InChI=1S/C20H29N3O5/c1-14(24)16-8-9-17(18(11-16)23(26)27)22-10-6-7-15(13-22)12-21(5)19(25)28-20(2,3)4/h8-9,11,15H,6-7,10,12-13H2,1-5H3. The molecule has 1 fully saturated rings. The molecule has 1 heterocycles. The molecule has 0 saturated carbocycles. The van der Waals surface area contributed by atoms with Crippen molar-refractivity contribution >= 4 is 23.3 Å². The van der Waals surface area contributed by atoms with Gasteiger partial charge in [-0.05, 0) is 58.6 Å². The first-order valence-corrected chi connectivity index (χ1v) is 9.46. The highest BCUT2D eigenvalue weighted by molar-refractivity contribution is 5.95. The summed E-state index contributed by atoms with van der Waals surface area (Å²) in [5, 5.41) is 11.5. The molecule has 1 aliphatic heterocycles. The topological polar surface area (TPSA) is 93.0 Å². The summed E-state index contributed by atoms with van der Waals surface area (Å²) in [6.45, 7) is 8.69. The zero-order valence-corrected chi connectivity index (χ0v) is 17.2. The normalized spacial score (nSPS) is 17.2. The number of nitro groups is 1. The smallest absolute Gasteiger partial charge is 0.410 e. The quantitative estimate of drug-likeness (QED) is 0.430. The Kier molecular flexibility index (Phi) is 6.64. The summed E-state index contributed by atoms with van der Waals surface area (Å²) in [5.74, 6) is -0.0245. The second kappa shape index (κ2) is 8.58. The van der Waals surface area contributed by atoms with Gasteiger partial charge >= 0.3 is 6.09 Å². The summed E-state index contributed by atoms with van der Waals surface area (Å²) in [4.78, 5) is 38.4. The van der Waals surface area contributed by atoms with Gasteiger partial charge in [0.25, 0.3) is 5.69 Å². The Labute approximate surface area is 165 Å². The summed E-state index contributed by atoms with van der Waals surface area (Å²) >= 11 is 0. The highest BCUT2D eigenvalue weighted by Crippen LogP contribution is 2.33. The molecule has 0 spiro atoms. The van der Waals surface area contributed by atoms with E-state index in [-0.39, 0.29) is 23.5 Å². The molecule has 8 heteroatoms. The fraction of sp³-hybridized carbons (Fsp3) is 0.600. The minimum Gasteiger partial charge on any atom is -0.444 e. The molecule has 154 valence electrons. The van der Waals surface area contributed by atoms with E-state index in [1.54, 1.807) is 24.1 Å². The van der Waals surface area contributed by atoms with Crippen molar-refractivity contribution in [1.29, 1.82) is 0 Å². The van der Waals surface area contributed by atoms with Crippen molar-refractivity contribution in [3.8, 4) is 0 Å². The summed E-state index contributed by atoms with van der Waals surface area (Å²) in [6, 6.07) is 4.62. The first-order chi connectivity index (χ1) is 13.0. The van der Waals surface area contributed by atoms with Gasteiger partial charge in [0.2, 0.25) is 0 Å². The summed E-state index contributed by atoms with van der Waals surface area (Å²) < 4.78 is 5.39. The van der Waals surface area contributed by atoms with Crippen molar-refractivity contribution in [2.45, 2.75) is 46.1 Å². The summed E-state index contributed by atoms with van der Waals surface area (Å²) in [6.07, 6.45) is 1.43. The van der Waals surface area contributed by atoms with Crippen LogP contribution in [0.2, 0.25) is 0 Å². The van der Waals surface area contributed by atoms with Crippen LogP contribution in [0.15, 0.2) is 18.2 Å². The monoisotopic (exact) mass is 391 g/mol. The number of hydrogen-bond acceptors (Lipinski definition) is 6. The lowest BCUT2D eigenvalue weighted by Crippen LogP contribution is -2.43. The molecule has 1 aromatic rings. The van der Waals surface area contributed by atoms with Crippen LogP contribution in [-0.2, 0) is 4.74 Å². The third kappa shape index (κ3) is 5.68. The SMILES string of the molecule is CC(=O)c1ccc(N2CCCC(CN(C)C(=O)OC(C)(C)C)C2)c([N+](=O)[O-])c1. The highest BCUT2D eigenvalue weighted by Gasteiger charge is 2.28. The van der Waals surface area contributed by atoms with Gasteiger partial charge in [-0.25, -0.2) is 4.79 Å². The minimum absolute atomic E-state index is 0.0613. The van der Waals surface area contributed by atoms with E-state index in [1.807, 2.05) is 25.7 Å². The molecule has 0 aromatic heterocycles. The van der Waals surface area contributed by atoms with Crippen molar-refractivity contribution in [2.24, 2.45) is 5.92 Å². The number of piperidine rings is 1. The van der Waals surface area contributed by atoms with E-state index in [0.717, 1.165) is 12.8 Å². The average Bonchev–Trinajstić information content (AvgIpc) is 2.59. The largest absolute Gasteiger partial charge is 0.444 e. The second-order valence-electron chi connectivity index (χ2n) is 8.33. The Morgan fingerprint density at radius 1 is 1.36 bits per heavy atom. The maximum Gasteiger partial charge on any atom is 0.410 e. The number of ether oxygens (including phenoxy) is 1. The number of hydrogen-bond donors (Lipinski definition) is 0. The third-order valence-corrected chi connectivity index (χ3v) is 4.68. The fourth-order valence-electron chi connectivity index (χ4n) is 3.39. The van der Waals surface area contributed by atoms with Gasteiger partial charge in [-0.2, -0.15) is 0 Å². The molecular weight excluding hydrogens is 362 g/mol. The fourth-order valence-corrected chi connectivity index (χ4v) is 3.39. The van der Waals surface area contributed by atoms with E-state index < -0.39 is 10.5 Å². The zero-order valence-electron chi connectivity index (χ0n) is 17.2. The van der Waals surface area contributed by atoms with Crippen molar-refractivity contribution in [3.05, 3.63) is 33.9 Å². The molecule has 1 atom stereocenters. The van der Waals surface area contributed by atoms with Crippen LogP contribution in [0, 0.1) is 16.0 Å². The van der Waals surface area contributed by atoms with Gasteiger partial charge in [-0.15, -0.1) is 0 Å². The van der Waals surface area contributed by atoms with E-state index in [0.29, 0.717) is 30.9 Å². The van der Waals surface area contributed by atoms with Gasteiger partial charge in [0, 0.05) is 38.3 Å². The van der Waals surface area contributed by atoms with Crippen molar-refractivity contribution in [2.75, 3.05) is 31.6 Å². The van der Waals surface area contributed by atoms with Crippen molar-refractivity contribution in [1.82, 2.24) is 4.90 Å². The number of anilines is 1. The number of Topliss-reactive ketones (excluding diaryl/α,β-unsaturated/α-hetero) is 1. The lowest BCUT2D eigenvalue weighted by molar-refractivity contribution is -0.384. The minimum atomic E-state index is -0.553. The van der Waals surface area contributed by atoms with E-state index in [9.17, 15) is 19.7 Å². The van der Waals surface area contributed by atoms with Crippen molar-refractivity contribution in [3.63, 3.8) is 0 Å². The summed E-state index contributed by atoms with van der Waals surface area (Å²) in [7, 11) is 1.71.